The lowest BCUT2D eigenvalue weighted by molar-refractivity contribution is -0.118. The van der Waals surface area contributed by atoms with Gasteiger partial charge in [-0.05, 0) is 48.2 Å². The average Bonchev–Trinajstić information content (AvgIpc) is 3.34. The van der Waals surface area contributed by atoms with Crippen LogP contribution in [-0.2, 0) is 16.8 Å². The fourth-order valence-electron chi connectivity index (χ4n) is 3.10. The molecule has 0 saturated heterocycles. The van der Waals surface area contributed by atoms with Gasteiger partial charge in [0.05, 0.1) is 18.2 Å². The molecular weight excluding hydrogens is 414 g/mol. The molecule has 2 aromatic carbocycles. The molecule has 1 aromatic heterocycles. The first-order chi connectivity index (χ1) is 12.6. The molecule has 0 atom stereocenters. The minimum atomic E-state index is -0.447. The van der Waals surface area contributed by atoms with Gasteiger partial charge in [-0.3, -0.25) is 4.79 Å². The first kappa shape index (κ1) is 17.3. The lowest BCUT2D eigenvalue weighted by Gasteiger charge is -2.16. The second-order valence-electron chi connectivity index (χ2n) is 6.54. The Hall–Kier alpha value is -2.11. The zero-order valence-electron chi connectivity index (χ0n) is 14.0. The number of anilines is 1. The second kappa shape index (κ2) is 6.89. The summed E-state index contributed by atoms with van der Waals surface area (Å²) in [5.74, 6) is 0.718. The number of nitrogens with one attached hydrogen (secondary N) is 1. The smallest absolute Gasteiger partial charge is 0.236 e. The maximum Gasteiger partial charge on any atom is 0.236 e. The predicted molar refractivity (Wildman–Crippen MR) is 106 cm³/mol. The van der Waals surface area contributed by atoms with Gasteiger partial charge >= 0.3 is 0 Å². The summed E-state index contributed by atoms with van der Waals surface area (Å²) >= 11 is 9.41. The molecule has 0 unspecified atom stereocenters. The van der Waals surface area contributed by atoms with Gasteiger partial charge in [0.25, 0.3) is 0 Å². The Balaban J connectivity index is 1.51. The number of rotatable bonds is 5. The largest absolute Gasteiger partial charge is 0.310 e. The quantitative estimate of drug-likeness (QED) is 0.618. The van der Waals surface area contributed by atoms with E-state index in [-0.39, 0.29) is 5.91 Å². The lowest BCUT2D eigenvalue weighted by Crippen LogP contribution is -2.29. The zero-order chi connectivity index (χ0) is 18.1. The zero-order valence-corrected chi connectivity index (χ0v) is 16.3. The SMILES string of the molecule is O=C(Nc1ccnn1Cc1ccc(Br)cc1)C1(c2ccc(Cl)cc2)CC1. The van der Waals surface area contributed by atoms with Crippen molar-refractivity contribution in [3.05, 3.63) is 81.4 Å². The van der Waals surface area contributed by atoms with Crippen molar-refractivity contribution in [3.63, 3.8) is 0 Å². The minimum Gasteiger partial charge on any atom is -0.310 e. The summed E-state index contributed by atoms with van der Waals surface area (Å²) in [6, 6.07) is 17.4. The highest BCUT2D eigenvalue weighted by atomic mass is 79.9. The van der Waals surface area contributed by atoms with Gasteiger partial charge in [-0.1, -0.05) is 51.8 Å². The van der Waals surface area contributed by atoms with Crippen LogP contribution in [0.2, 0.25) is 5.02 Å². The van der Waals surface area contributed by atoms with Crippen molar-refractivity contribution in [2.45, 2.75) is 24.8 Å². The monoisotopic (exact) mass is 429 g/mol. The summed E-state index contributed by atoms with van der Waals surface area (Å²) in [7, 11) is 0. The fraction of sp³-hybridized carbons (Fsp3) is 0.200. The molecule has 0 radical (unpaired) electrons. The molecule has 4 rings (SSSR count). The Morgan fingerprint density at radius 3 is 2.46 bits per heavy atom. The van der Waals surface area contributed by atoms with E-state index in [4.69, 9.17) is 11.6 Å². The molecule has 132 valence electrons. The fourth-order valence-corrected chi connectivity index (χ4v) is 3.49. The normalized spacial score (nSPS) is 14.8. The van der Waals surface area contributed by atoms with E-state index >= 15 is 0 Å². The highest BCUT2D eigenvalue weighted by molar-refractivity contribution is 9.10. The number of hydrogen-bond acceptors (Lipinski definition) is 2. The van der Waals surface area contributed by atoms with Crippen molar-refractivity contribution in [2.24, 2.45) is 0 Å². The van der Waals surface area contributed by atoms with Gasteiger partial charge in [0.15, 0.2) is 0 Å². The average molecular weight is 431 g/mol. The first-order valence-corrected chi connectivity index (χ1v) is 9.58. The molecule has 1 fully saturated rings. The van der Waals surface area contributed by atoms with Crippen molar-refractivity contribution < 1.29 is 4.79 Å². The molecule has 4 nitrogen and oxygen atoms in total. The summed E-state index contributed by atoms with van der Waals surface area (Å²) in [6.07, 6.45) is 3.40. The van der Waals surface area contributed by atoms with Gasteiger partial charge in [-0.25, -0.2) is 4.68 Å². The molecule has 0 bridgehead atoms. The van der Waals surface area contributed by atoms with Gasteiger partial charge in [0.1, 0.15) is 5.82 Å². The van der Waals surface area contributed by atoms with Crippen LogP contribution in [0, 0.1) is 0 Å². The number of nitrogens with zero attached hydrogens (tertiary/aromatic N) is 2. The van der Waals surface area contributed by atoms with Crippen LogP contribution in [0.25, 0.3) is 0 Å². The number of amides is 1. The Morgan fingerprint density at radius 2 is 1.81 bits per heavy atom. The highest BCUT2D eigenvalue weighted by Crippen LogP contribution is 2.49. The number of benzene rings is 2. The van der Waals surface area contributed by atoms with Crippen LogP contribution in [0.4, 0.5) is 5.82 Å². The molecule has 6 heteroatoms. The van der Waals surface area contributed by atoms with Crippen LogP contribution >= 0.6 is 27.5 Å². The van der Waals surface area contributed by atoms with E-state index in [0.717, 1.165) is 28.4 Å². The summed E-state index contributed by atoms with van der Waals surface area (Å²) < 4.78 is 2.84. The number of carbonyl (C=O) groups is 1. The highest BCUT2D eigenvalue weighted by Gasteiger charge is 2.51. The maximum absolute atomic E-state index is 12.9. The van der Waals surface area contributed by atoms with Crippen molar-refractivity contribution in [3.8, 4) is 0 Å². The number of aromatic nitrogens is 2. The summed E-state index contributed by atoms with van der Waals surface area (Å²) in [5.41, 5.74) is 1.68. The maximum atomic E-state index is 12.9. The van der Waals surface area contributed by atoms with E-state index in [1.165, 1.54) is 0 Å². The molecule has 1 amide bonds. The summed E-state index contributed by atoms with van der Waals surface area (Å²) in [5, 5.41) is 8.08. The number of halogens is 2. The first-order valence-electron chi connectivity index (χ1n) is 8.41. The van der Waals surface area contributed by atoms with E-state index < -0.39 is 5.41 Å². The van der Waals surface area contributed by atoms with E-state index in [1.54, 1.807) is 10.9 Å². The van der Waals surface area contributed by atoms with Crippen LogP contribution in [0.1, 0.15) is 24.0 Å². The van der Waals surface area contributed by atoms with Crippen LogP contribution in [0.3, 0.4) is 0 Å². The van der Waals surface area contributed by atoms with Gasteiger partial charge in [-0.15, -0.1) is 0 Å². The third-order valence-corrected chi connectivity index (χ3v) is 5.57. The van der Waals surface area contributed by atoms with E-state index in [1.807, 2.05) is 54.6 Å². The van der Waals surface area contributed by atoms with E-state index in [2.05, 4.69) is 26.3 Å². The minimum absolute atomic E-state index is 0.0115. The van der Waals surface area contributed by atoms with Crippen molar-refractivity contribution in [1.82, 2.24) is 9.78 Å². The van der Waals surface area contributed by atoms with Gasteiger partial charge in [0, 0.05) is 15.6 Å². The summed E-state index contributed by atoms with van der Waals surface area (Å²) in [4.78, 5) is 12.9. The van der Waals surface area contributed by atoms with Crippen molar-refractivity contribution in [2.75, 3.05) is 5.32 Å². The van der Waals surface area contributed by atoms with Crippen LogP contribution in [-0.4, -0.2) is 15.7 Å². The molecule has 1 aliphatic rings. The van der Waals surface area contributed by atoms with E-state index in [0.29, 0.717) is 17.4 Å². The van der Waals surface area contributed by atoms with Crippen LogP contribution in [0.15, 0.2) is 65.3 Å². The van der Waals surface area contributed by atoms with Crippen LogP contribution in [0.5, 0.6) is 0 Å². The third kappa shape index (κ3) is 3.41. The summed E-state index contributed by atoms with van der Waals surface area (Å²) in [6.45, 7) is 0.601. The van der Waals surface area contributed by atoms with Gasteiger partial charge in [0.2, 0.25) is 5.91 Å². The Labute approximate surface area is 165 Å². The molecule has 1 saturated carbocycles. The molecular formula is C20H17BrClN3O. The topological polar surface area (TPSA) is 46.9 Å². The Bertz CT molecular complexity index is 930. The van der Waals surface area contributed by atoms with Gasteiger partial charge in [-0.2, -0.15) is 5.10 Å². The lowest BCUT2D eigenvalue weighted by atomic mass is 9.95. The Morgan fingerprint density at radius 1 is 1.12 bits per heavy atom. The van der Waals surface area contributed by atoms with Crippen molar-refractivity contribution in [1.29, 1.82) is 0 Å². The van der Waals surface area contributed by atoms with E-state index in [9.17, 15) is 4.79 Å². The molecule has 3 aromatic rings. The molecule has 26 heavy (non-hydrogen) atoms. The third-order valence-electron chi connectivity index (χ3n) is 4.79. The van der Waals surface area contributed by atoms with Crippen molar-refractivity contribution >= 4 is 39.3 Å². The van der Waals surface area contributed by atoms with Gasteiger partial charge < -0.3 is 5.32 Å². The second-order valence-corrected chi connectivity index (χ2v) is 7.90. The van der Waals surface area contributed by atoms with Crippen LogP contribution < -0.4 is 5.32 Å². The molecule has 0 aliphatic heterocycles. The molecule has 0 spiro atoms. The standard InChI is InChI=1S/C20H17BrClN3O/c21-16-5-1-14(2-6-16)13-25-18(9-12-23-25)24-19(26)20(10-11-20)15-3-7-17(22)8-4-15/h1-9,12H,10-11,13H2,(H,24,26). The number of carbonyl (C=O) groups excluding carboxylic acids is 1. The molecule has 1 heterocycles. The predicted octanol–water partition coefficient (Wildman–Crippen LogP) is 5.02. The Kier molecular flexibility index (Phi) is 4.59. The molecule has 1 N–H and O–H groups in total. The molecule has 1 aliphatic carbocycles. The number of hydrogen-bond donors (Lipinski definition) is 1.